The van der Waals surface area contributed by atoms with Crippen molar-refractivity contribution in [3.8, 4) is 0 Å². The zero-order chi connectivity index (χ0) is 15.9. The molecule has 21 heavy (non-hydrogen) atoms. The second kappa shape index (κ2) is 8.06. The highest BCUT2D eigenvalue weighted by atomic mass is 16.2. The normalized spacial score (nSPS) is 12.8. The second-order valence-electron chi connectivity index (χ2n) is 6.66. The predicted octanol–water partition coefficient (Wildman–Crippen LogP) is 4.09. The third kappa shape index (κ3) is 5.78. The second-order valence-corrected chi connectivity index (χ2v) is 6.66. The first-order chi connectivity index (χ1) is 9.86. The van der Waals surface area contributed by atoms with Crippen LogP contribution in [0.15, 0.2) is 24.3 Å². The molecule has 118 valence electrons. The summed E-state index contributed by atoms with van der Waals surface area (Å²) in [5.74, 6) is 0.0646. The molecular formula is C18H30N2O. The standard InChI is InChI=1S/C18H30N2O/c1-6-7-10-13-19-17(21)14(2)20-16-12-9-8-11-15(16)18(3,4)5/h8-9,11-12,14,20H,6-7,10,13H2,1-5H3,(H,19,21). The van der Waals surface area contributed by atoms with Crippen molar-refractivity contribution in [1.82, 2.24) is 5.32 Å². The van der Waals surface area contributed by atoms with Crippen LogP contribution in [-0.4, -0.2) is 18.5 Å². The summed E-state index contributed by atoms with van der Waals surface area (Å²) in [6.07, 6.45) is 3.38. The summed E-state index contributed by atoms with van der Waals surface area (Å²) in [6.45, 7) is 11.4. The van der Waals surface area contributed by atoms with E-state index in [4.69, 9.17) is 0 Å². The van der Waals surface area contributed by atoms with Gasteiger partial charge in [0.25, 0.3) is 0 Å². The Labute approximate surface area is 129 Å². The lowest BCUT2D eigenvalue weighted by Gasteiger charge is -2.25. The van der Waals surface area contributed by atoms with Crippen LogP contribution in [0.1, 0.15) is 59.4 Å². The zero-order valence-corrected chi connectivity index (χ0v) is 14.1. The minimum absolute atomic E-state index is 0.0565. The molecule has 1 rings (SSSR count). The van der Waals surface area contributed by atoms with Crippen LogP contribution in [0.4, 0.5) is 5.69 Å². The Hall–Kier alpha value is -1.51. The van der Waals surface area contributed by atoms with Gasteiger partial charge in [0.1, 0.15) is 6.04 Å². The number of amides is 1. The number of hydrogen-bond acceptors (Lipinski definition) is 2. The fraction of sp³-hybridized carbons (Fsp3) is 0.611. The topological polar surface area (TPSA) is 41.1 Å². The summed E-state index contributed by atoms with van der Waals surface area (Å²) in [7, 11) is 0. The van der Waals surface area contributed by atoms with E-state index in [0.29, 0.717) is 0 Å². The van der Waals surface area contributed by atoms with Gasteiger partial charge in [-0.3, -0.25) is 4.79 Å². The van der Waals surface area contributed by atoms with Crippen molar-refractivity contribution in [2.45, 2.75) is 65.3 Å². The number of carbonyl (C=O) groups excluding carboxylic acids is 1. The molecule has 0 aliphatic rings. The first kappa shape index (κ1) is 17.5. The van der Waals surface area contributed by atoms with E-state index in [1.54, 1.807) is 0 Å². The quantitative estimate of drug-likeness (QED) is 0.743. The molecule has 3 heteroatoms. The summed E-state index contributed by atoms with van der Waals surface area (Å²) in [6, 6.07) is 7.98. The SMILES string of the molecule is CCCCCNC(=O)C(C)Nc1ccccc1C(C)(C)C. The molecule has 0 aliphatic heterocycles. The lowest BCUT2D eigenvalue weighted by atomic mass is 9.85. The molecule has 1 amide bonds. The Kier molecular flexibility index (Phi) is 6.73. The molecule has 3 nitrogen and oxygen atoms in total. The van der Waals surface area contributed by atoms with E-state index in [9.17, 15) is 4.79 Å². The fourth-order valence-electron chi connectivity index (χ4n) is 2.30. The minimum atomic E-state index is -0.227. The van der Waals surface area contributed by atoms with E-state index in [0.717, 1.165) is 25.1 Å². The van der Waals surface area contributed by atoms with Crippen molar-refractivity contribution in [3.63, 3.8) is 0 Å². The summed E-state index contributed by atoms with van der Waals surface area (Å²) in [4.78, 5) is 12.1. The molecule has 0 saturated carbocycles. The molecule has 0 heterocycles. The van der Waals surface area contributed by atoms with Crippen LogP contribution in [0.25, 0.3) is 0 Å². The van der Waals surface area contributed by atoms with E-state index in [-0.39, 0.29) is 17.4 Å². The van der Waals surface area contributed by atoms with Gasteiger partial charge in [0, 0.05) is 12.2 Å². The Bertz CT molecular complexity index is 449. The van der Waals surface area contributed by atoms with Crippen LogP contribution in [0, 0.1) is 0 Å². The lowest BCUT2D eigenvalue weighted by molar-refractivity contribution is -0.121. The molecule has 0 spiro atoms. The highest BCUT2D eigenvalue weighted by Gasteiger charge is 2.20. The minimum Gasteiger partial charge on any atom is -0.374 e. The highest BCUT2D eigenvalue weighted by Crippen LogP contribution is 2.29. The number of carbonyl (C=O) groups is 1. The van der Waals surface area contributed by atoms with Crippen LogP contribution in [0.5, 0.6) is 0 Å². The molecule has 1 atom stereocenters. The van der Waals surface area contributed by atoms with Gasteiger partial charge >= 0.3 is 0 Å². The number of para-hydroxylation sites is 1. The first-order valence-corrected chi connectivity index (χ1v) is 8.00. The number of unbranched alkanes of at least 4 members (excludes halogenated alkanes) is 2. The molecule has 0 saturated heterocycles. The molecule has 1 aromatic carbocycles. The number of benzene rings is 1. The van der Waals surface area contributed by atoms with E-state index in [1.807, 2.05) is 25.1 Å². The van der Waals surface area contributed by atoms with Crippen molar-refractivity contribution >= 4 is 11.6 Å². The highest BCUT2D eigenvalue weighted by molar-refractivity contribution is 5.84. The summed E-state index contributed by atoms with van der Waals surface area (Å²) in [5, 5.41) is 6.34. The number of anilines is 1. The Morgan fingerprint density at radius 1 is 1.19 bits per heavy atom. The molecule has 0 aromatic heterocycles. The largest absolute Gasteiger partial charge is 0.374 e. The van der Waals surface area contributed by atoms with Gasteiger partial charge in [-0.2, -0.15) is 0 Å². The summed E-state index contributed by atoms with van der Waals surface area (Å²) in [5.41, 5.74) is 2.33. The smallest absolute Gasteiger partial charge is 0.242 e. The van der Waals surface area contributed by atoms with E-state index in [1.165, 1.54) is 12.0 Å². The van der Waals surface area contributed by atoms with Gasteiger partial charge in [0.05, 0.1) is 0 Å². The van der Waals surface area contributed by atoms with Crippen molar-refractivity contribution in [3.05, 3.63) is 29.8 Å². The molecule has 1 aromatic rings. The molecule has 0 bridgehead atoms. The zero-order valence-electron chi connectivity index (χ0n) is 14.1. The molecule has 0 aliphatic carbocycles. The van der Waals surface area contributed by atoms with Crippen LogP contribution in [0.2, 0.25) is 0 Å². The Balaban J connectivity index is 2.62. The van der Waals surface area contributed by atoms with Gasteiger partial charge in [-0.25, -0.2) is 0 Å². The Morgan fingerprint density at radius 3 is 2.48 bits per heavy atom. The lowest BCUT2D eigenvalue weighted by Crippen LogP contribution is -2.38. The molecule has 0 fully saturated rings. The van der Waals surface area contributed by atoms with E-state index < -0.39 is 0 Å². The van der Waals surface area contributed by atoms with Gasteiger partial charge in [-0.15, -0.1) is 0 Å². The third-order valence-corrected chi connectivity index (χ3v) is 3.58. The average Bonchev–Trinajstić information content (AvgIpc) is 2.42. The molecule has 2 N–H and O–H groups in total. The maximum atomic E-state index is 12.1. The average molecular weight is 290 g/mol. The summed E-state index contributed by atoms with van der Waals surface area (Å²) >= 11 is 0. The van der Waals surface area contributed by atoms with Crippen LogP contribution < -0.4 is 10.6 Å². The van der Waals surface area contributed by atoms with Crippen molar-refractivity contribution in [1.29, 1.82) is 0 Å². The number of rotatable bonds is 7. The third-order valence-electron chi connectivity index (χ3n) is 3.58. The van der Waals surface area contributed by atoms with Gasteiger partial charge in [-0.05, 0) is 30.4 Å². The van der Waals surface area contributed by atoms with Crippen molar-refractivity contribution in [2.75, 3.05) is 11.9 Å². The molecular weight excluding hydrogens is 260 g/mol. The van der Waals surface area contributed by atoms with Gasteiger partial charge in [0.2, 0.25) is 5.91 Å². The van der Waals surface area contributed by atoms with E-state index >= 15 is 0 Å². The molecule has 1 unspecified atom stereocenters. The van der Waals surface area contributed by atoms with Crippen LogP contribution >= 0.6 is 0 Å². The maximum absolute atomic E-state index is 12.1. The van der Waals surface area contributed by atoms with Gasteiger partial charge in [-0.1, -0.05) is 58.7 Å². The van der Waals surface area contributed by atoms with Crippen molar-refractivity contribution in [2.24, 2.45) is 0 Å². The Morgan fingerprint density at radius 2 is 1.86 bits per heavy atom. The predicted molar refractivity (Wildman–Crippen MR) is 90.8 cm³/mol. The van der Waals surface area contributed by atoms with Gasteiger partial charge < -0.3 is 10.6 Å². The number of nitrogens with one attached hydrogen (secondary N) is 2. The fourth-order valence-corrected chi connectivity index (χ4v) is 2.30. The van der Waals surface area contributed by atoms with Crippen LogP contribution in [0.3, 0.4) is 0 Å². The van der Waals surface area contributed by atoms with Crippen LogP contribution in [-0.2, 0) is 10.2 Å². The monoisotopic (exact) mass is 290 g/mol. The number of hydrogen-bond donors (Lipinski definition) is 2. The van der Waals surface area contributed by atoms with Crippen molar-refractivity contribution < 1.29 is 4.79 Å². The van der Waals surface area contributed by atoms with E-state index in [2.05, 4.69) is 44.4 Å². The van der Waals surface area contributed by atoms with Gasteiger partial charge in [0.15, 0.2) is 0 Å². The molecule has 0 radical (unpaired) electrons. The maximum Gasteiger partial charge on any atom is 0.242 e. The first-order valence-electron chi connectivity index (χ1n) is 8.00. The summed E-state index contributed by atoms with van der Waals surface area (Å²) < 4.78 is 0.